The highest BCUT2D eigenvalue weighted by Crippen LogP contribution is 2.26. The van der Waals surface area contributed by atoms with Crippen LogP contribution in [0.15, 0.2) is 66.7 Å². The molecule has 3 aromatic carbocycles. The summed E-state index contributed by atoms with van der Waals surface area (Å²) in [7, 11) is 0. The number of amides is 1. The van der Waals surface area contributed by atoms with Crippen molar-refractivity contribution in [2.24, 2.45) is 0 Å². The second kappa shape index (κ2) is 8.05. The van der Waals surface area contributed by atoms with Crippen LogP contribution in [0.1, 0.15) is 37.4 Å². The minimum absolute atomic E-state index is 0.0123. The number of aryl methyl sites for hydroxylation is 1. The van der Waals surface area contributed by atoms with E-state index in [2.05, 4.69) is 43.4 Å². The smallest absolute Gasteiger partial charge is 0.261 e. The summed E-state index contributed by atoms with van der Waals surface area (Å²) in [5, 5.41) is 5.22. The first-order valence-corrected chi connectivity index (χ1v) is 9.10. The molecule has 1 N–H and O–H groups in total. The third kappa shape index (κ3) is 4.05. The predicted molar refractivity (Wildman–Crippen MR) is 106 cm³/mol. The summed E-state index contributed by atoms with van der Waals surface area (Å²) >= 11 is 0. The molecule has 0 aliphatic rings. The number of nitrogens with one attached hydrogen (secondary N) is 1. The lowest BCUT2D eigenvalue weighted by Crippen LogP contribution is -2.38. The molecule has 0 aromatic heterocycles. The topological polar surface area (TPSA) is 38.3 Å². The highest BCUT2D eigenvalue weighted by molar-refractivity contribution is 5.89. The van der Waals surface area contributed by atoms with Crippen LogP contribution in [-0.4, -0.2) is 12.0 Å². The molecule has 1 amide bonds. The maximum Gasteiger partial charge on any atom is 0.261 e. The van der Waals surface area contributed by atoms with Crippen LogP contribution in [0.3, 0.4) is 0 Å². The van der Waals surface area contributed by atoms with Gasteiger partial charge in [0.05, 0.1) is 6.04 Å². The summed E-state index contributed by atoms with van der Waals surface area (Å²) < 4.78 is 5.98. The van der Waals surface area contributed by atoms with Crippen LogP contribution >= 0.6 is 0 Å². The van der Waals surface area contributed by atoms with Gasteiger partial charge < -0.3 is 10.1 Å². The van der Waals surface area contributed by atoms with Gasteiger partial charge in [0.15, 0.2) is 6.10 Å². The maximum atomic E-state index is 12.7. The van der Waals surface area contributed by atoms with Crippen molar-refractivity contribution in [1.29, 1.82) is 0 Å². The SMILES string of the molecule is CC[C@@H](NC(=O)[C@H](C)Oc1cccc2ccccc12)c1ccc(C)cc1. The second-order valence-electron chi connectivity index (χ2n) is 6.62. The number of carbonyl (C=O) groups excluding carboxylic acids is 1. The Labute approximate surface area is 155 Å². The van der Waals surface area contributed by atoms with Crippen LogP contribution in [-0.2, 0) is 4.79 Å². The van der Waals surface area contributed by atoms with Gasteiger partial charge in [-0.2, -0.15) is 0 Å². The lowest BCUT2D eigenvalue weighted by Gasteiger charge is -2.21. The Bertz CT molecular complexity index is 881. The van der Waals surface area contributed by atoms with Crippen molar-refractivity contribution in [3.8, 4) is 5.75 Å². The number of rotatable bonds is 6. The van der Waals surface area contributed by atoms with Gasteiger partial charge in [0, 0.05) is 5.39 Å². The molecule has 3 heteroatoms. The van der Waals surface area contributed by atoms with Crippen LogP contribution in [0.25, 0.3) is 10.8 Å². The fourth-order valence-corrected chi connectivity index (χ4v) is 3.05. The number of benzene rings is 3. The molecule has 0 unspecified atom stereocenters. The van der Waals surface area contributed by atoms with Gasteiger partial charge in [-0.05, 0) is 37.3 Å². The molecular weight excluding hydrogens is 322 g/mol. The third-order valence-corrected chi connectivity index (χ3v) is 4.63. The molecule has 26 heavy (non-hydrogen) atoms. The maximum absolute atomic E-state index is 12.7. The van der Waals surface area contributed by atoms with Crippen LogP contribution in [0.5, 0.6) is 5.75 Å². The van der Waals surface area contributed by atoms with E-state index < -0.39 is 6.10 Å². The molecule has 134 valence electrons. The van der Waals surface area contributed by atoms with E-state index in [1.807, 2.05) is 42.5 Å². The van der Waals surface area contributed by atoms with Gasteiger partial charge in [0.2, 0.25) is 0 Å². The first kappa shape index (κ1) is 18.0. The summed E-state index contributed by atoms with van der Waals surface area (Å²) in [4.78, 5) is 12.7. The fraction of sp³-hybridized carbons (Fsp3) is 0.261. The molecule has 0 fully saturated rings. The summed E-state index contributed by atoms with van der Waals surface area (Å²) in [5.74, 6) is 0.625. The summed E-state index contributed by atoms with van der Waals surface area (Å²) in [6.07, 6.45) is 0.260. The Hall–Kier alpha value is -2.81. The number of hydrogen-bond donors (Lipinski definition) is 1. The van der Waals surface area contributed by atoms with E-state index >= 15 is 0 Å². The number of carbonyl (C=O) groups is 1. The molecule has 0 heterocycles. The van der Waals surface area contributed by atoms with Gasteiger partial charge in [-0.1, -0.05) is 73.2 Å². The molecule has 0 saturated heterocycles. The van der Waals surface area contributed by atoms with Crippen LogP contribution < -0.4 is 10.1 Å². The molecule has 0 spiro atoms. The van der Waals surface area contributed by atoms with Crippen molar-refractivity contribution >= 4 is 16.7 Å². The summed E-state index contributed by atoms with van der Waals surface area (Å²) in [6, 6.07) is 22.2. The van der Waals surface area contributed by atoms with E-state index in [0.717, 1.165) is 28.5 Å². The lowest BCUT2D eigenvalue weighted by atomic mass is 10.0. The fourth-order valence-electron chi connectivity index (χ4n) is 3.05. The summed E-state index contributed by atoms with van der Waals surface area (Å²) in [5.41, 5.74) is 2.33. The van der Waals surface area contributed by atoms with E-state index in [1.165, 1.54) is 5.56 Å². The molecule has 0 saturated carbocycles. The van der Waals surface area contributed by atoms with Crippen molar-refractivity contribution in [3.63, 3.8) is 0 Å². The minimum atomic E-state index is -0.569. The predicted octanol–water partition coefficient (Wildman–Crippen LogP) is 5.18. The number of ether oxygens (including phenoxy) is 1. The minimum Gasteiger partial charge on any atom is -0.480 e. The van der Waals surface area contributed by atoms with Crippen LogP contribution in [0.4, 0.5) is 0 Å². The molecule has 0 aliphatic carbocycles. The zero-order valence-corrected chi connectivity index (χ0v) is 15.5. The van der Waals surface area contributed by atoms with Crippen molar-refractivity contribution in [1.82, 2.24) is 5.32 Å². The third-order valence-electron chi connectivity index (χ3n) is 4.63. The van der Waals surface area contributed by atoms with Gasteiger partial charge in [0.1, 0.15) is 5.75 Å². The Morgan fingerprint density at radius 2 is 1.69 bits per heavy atom. The molecule has 3 rings (SSSR count). The van der Waals surface area contributed by atoms with Gasteiger partial charge in [-0.25, -0.2) is 0 Å². The van der Waals surface area contributed by atoms with E-state index in [4.69, 9.17) is 4.74 Å². The standard InChI is InChI=1S/C23H25NO2/c1-4-21(19-14-12-16(2)13-15-19)24-23(25)17(3)26-22-11-7-9-18-8-5-6-10-20(18)22/h5-15,17,21H,4H2,1-3H3,(H,24,25)/t17-,21+/m0/s1. The first-order valence-electron chi connectivity index (χ1n) is 9.10. The number of fused-ring (bicyclic) bond motifs is 1. The van der Waals surface area contributed by atoms with Crippen molar-refractivity contribution < 1.29 is 9.53 Å². The molecule has 0 bridgehead atoms. The van der Waals surface area contributed by atoms with Crippen molar-refractivity contribution in [2.45, 2.75) is 39.3 Å². The van der Waals surface area contributed by atoms with Gasteiger partial charge in [-0.3, -0.25) is 4.79 Å². The Kier molecular flexibility index (Phi) is 5.57. The molecule has 3 nitrogen and oxygen atoms in total. The van der Waals surface area contributed by atoms with Crippen LogP contribution in [0.2, 0.25) is 0 Å². The van der Waals surface area contributed by atoms with Gasteiger partial charge in [-0.15, -0.1) is 0 Å². The van der Waals surface area contributed by atoms with Crippen molar-refractivity contribution in [3.05, 3.63) is 77.9 Å². The Balaban J connectivity index is 1.71. The zero-order valence-electron chi connectivity index (χ0n) is 15.5. The van der Waals surface area contributed by atoms with E-state index in [0.29, 0.717) is 0 Å². The molecule has 0 radical (unpaired) electrons. The quantitative estimate of drug-likeness (QED) is 0.667. The largest absolute Gasteiger partial charge is 0.480 e. The Morgan fingerprint density at radius 3 is 2.42 bits per heavy atom. The average molecular weight is 347 g/mol. The molecular formula is C23H25NO2. The van der Waals surface area contributed by atoms with E-state index in [-0.39, 0.29) is 11.9 Å². The lowest BCUT2D eigenvalue weighted by molar-refractivity contribution is -0.128. The molecule has 2 atom stereocenters. The normalized spacial score (nSPS) is 13.2. The van der Waals surface area contributed by atoms with Crippen LogP contribution in [0, 0.1) is 6.92 Å². The van der Waals surface area contributed by atoms with Gasteiger partial charge in [0.25, 0.3) is 5.91 Å². The van der Waals surface area contributed by atoms with E-state index in [9.17, 15) is 4.79 Å². The monoisotopic (exact) mass is 347 g/mol. The molecule has 3 aromatic rings. The highest BCUT2D eigenvalue weighted by Gasteiger charge is 2.20. The summed E-state index contributed by atoms with van der Waals surface area (Å²) in [6.45, 7) is 5.92. The average Bonchev–Trinajstić information content (AvgIpc) is 2.67. The highest BCUT2D eigenvalue weighted by atomic mass is 16.5. The van der Waals surface area contributed by atoms with Crippen molar-refractivity contribution in [2.75, 3.05) is 0 Å². The van der Waals surface area contributed by atoms with E-state index in [1.54, 1.807) is 6.92 Å². The molecule has 0 aliphatic heterocycles. The number of hydrogen-bond acceptors (Lipinski definition) is 2. The van der Waals surface area contributed by atoms with Gasteiger partial charge >= 0.3 is 0 Å². The first-order chi connectivity index (χ1) is 12.6. The zero-order chi connectivity index (χ0) is 18.5. The Morgan fingerprint density at radius 1 is 1.00 bits per heavy atom. The second-order valence-corrected chi connectivity index (χ2v) is 6.62.